The first-order valence-corrected chi connectivity index (χ1v) is 4.79. The van der Waals surface area contributed by atoms with E-state index in [2.05, 4.69) is 0 Å². The molecule has 1 aliphatic rings. The third-order valence-electron chi connectivity index (χ3n) is 2.40. The molecule has 0 aliphatic carbocycles. The highest BCUT2D eigenvalue weighted by molar-refractivity contribution is 5.45. The lowest BCUT2D eigenvalue weighted by atomic mass is 10.0. The van der Waals surface area contributed by atoms with Crippen molar-refractivity contribution >= 4 is 0 Å². The Labute approximate surface area is 82.3 Å². The lowest BCUT2D eigenvalue weighted by molar-refractivity contribution is 0.192. The van der Waals surface area contributed by atoms with Gasteiger partial charge in [-0.1, -0.05) is 6.07 Å². The van der Waals surface area contributed by atoms with Crippen LogP contribution in [0.3, 0.4) is 0 Å². The average Bonchev–Trinajstić information content (AvgIpc) is 2.57. The van der Waals surface area contributed by atoms with E-state index in [1.54, 1.807) is 13.0 Å². The fourth-order valence-electron chi connectivity index (χ4n) is 1.78. The molecule has 1 N–H and O–H groups in total. The van der Waals surface area contributed by atoms with Crippen LogP contribution in [0.15, 0.2) is 12.1 Å². The highest BCUT2D eigenvalue weighted by Crippen LogP contribution is 2.32. The molecule has 0 bridgehead atoms. The molecule has 0 spiro atoms. The van der Waals surface area contributed by atoms with Crippen LogP contribution in [0.25, 0.3) is 0 Å². The minimum Gasteiger partial charge on any atom is -0.493 e. The number of aliphatic hydroxyl groups is 1. The first kappa shape index (κ1) is 9.46. The molecule has 1 aromatic carbocycles. The Bertz CT molecular complexity index is 347. The van der Waals surface area contributed by atoms with Crippen molar-refractivity contribution in [2.24, 2.45) is 0 Å². The highest BCUT2D eigenvalue weighted by Gasteiger charge is 2.20. The van der Waals surface area contributed by atoms with Gasteiger partial charge in [-0.15, -0.1) is 0 Å². The lowest BCUT2D eigenvalue weighted by Crippen LogP contribution is -2.07. The number of halogens is 1. The zero-order valence-corrected chi connectivity index (χ0v) is 8.09. The number of benzene rings is 1. The molecule has 2 rings (SSSR count). The topological polar surface area (TPSA) is 29.5 Å². The molecule has 0 saturated heterocycles. The third-order valence-corrected chi connectivity index (χ3v) is 2.40. The summed E-state index contributed by atoms with van der Waals surface area (Å²) in [5.74, 6) is 0.359. The first-order valence-electron chi connectivity index (χ1n) is 4.79. The fraction of sp³-hybridized carbons (Fsp3) is 0.455. The van der Waals surface area contributed by atoms with Gasteiger partial charge in [0.15, 0.2) is 0 Å². The predicted molar refractivity (Wildman–Crippen MR) is 51.0 cm³/mol. The zero-order valence-electron chi connectivity index (χ0n) is 8.09. The maximum absolute atomic E-state index is 13.4. The second kappa shape index (κ2) is 3.58. The standard InChI is InChI=1S/C11H13FO2/c1-7(13)6-9-10(12)3-2-8-4-5-14-11(8)9/h2-3,7,13H,4-6H2,1H3. The Morgan fingerprint density at radius 2 is 2.36 bits per heavy atom. The summed E-state index contributed by atoms with van der Waals surface area (Å²) in [7, 11) is 0. The van der Waals surface area contributed by atoms with Gasteiger partial charge in [-0.3, -0.25) is 0 Å². The highest BCUT2D eigenvalue weighted by atomic mass is 19.1. The first-order chi connectivity index (χ1) is 6.68. The van der Waals surface area contributed by atoms with E-state index < -0.39 is 6.10 Å². The molecular weight excluding hydrogens is 183 g/mol. The number of hydrogen-bond acceptors (Lipinski definition) is 2. The van der Waals surface area contributed by atoms with E-state index in [0.717, 1.165) is 12.0 Å². The van der Waals surface area contributed by atoms with Crippen molar-refractivity contribution in [3.8, 4) is 5.75 Å². The van der Waals surface area contributed by atoms with Crippen molar-refractivity contribution in [1.29, 1.82) is 0 Å². The van der Waals surface area contributed by atoms with Crippen LogP contribution in [-0.4, -0.2) is 17.8 Å². The van der Waals surface area contributed by atoms with Gasteiger partial charge in [0, 0.05) is 18.4 Å². The van der Waals surface area contributed by atoms with Crippen LogP contribution < -0.4 is 4.74 Å². The Hall–Kier alpha value is -1.09. The Morgan fingerprint density at radius 3 is 3.07 bits per heavy atom. The molecule has 0 aromatic heterocycles. The number of ether oxygens (including phenoxy) is 1. The van der Waals surface area contributed by atoms with Crippen molar-refractivity contribution in [3.05, 3.63) is 29.1 Å². The second-order valence-corrected chi connectivity index (χ2v) is 3.67. The molecule has 0 amide bonds. The van der Waals surface area contributed by atoms with E-state index in [-0.39, 0.29) is 5.82 Å². The van der Waals surface area contributed by atoms with Crippen molar-refractivity contribution < 1.29 is 14.2 Å². The molecule has 1 aliphatic heterocycles. The largest absolute Gasteiger partial charge is 0.493 e. The van der Waals surface area contributed by atoms with Crippen molar-refractivity contribution in [3.63, 3.8) is 0 Å². The van der Waals surface area contributed by atoms with Crippen LogP contribution in [0, 0.1) is 5.82 Å². The van der Waals surface area contributed by atoms with Crippen LogP contribution in [0.2, 0.25) is 0 Å². The maximum atomic E-state index is 13.4. The summed E-state index contributed by atoms with van der Waals surface area (Å²) in [4.78, 5) is 0. The summed E-state index contributed by atoms with van der Waals surface area (Å²) in [5, 5.41) is 9.24. The summed E-state index contributed by atoms with van der Waals surface area (Å²) < 4.78 is 18.8. The molecule has 1 unspecified atom stereocenters. The summed E-state index contributed by atoms with van der Waals surface area (Å²) in [5.41, 5.74) is 1.55. The van der Waals surface area contributed by atoms with Crippen LogP contribution in [0.5, 0.6) is 5.75 Å². The Balaban J connectivity index is 2.41. The van der Waals surface area contributed by atoms with E-state index >= 15 is 0 Å². The molecule has 0 fully saturated rings. The Kier molecular flexibility index (Phi) is 2.42. The minimum absolute atomic E-state index is 0.286. The van der Waals surface area contributed by atoms with Gasteiger partial charge < -0.3 is 9.84 Å². The molecule has 1 atom stereocenters. The molecule has 1 aromatic rings. The van der Waals surface area contributed by atoms with Crippen LogP contribution in [-0.2, 0) is 12.8 Å². The lowest BCUT2D eigenvalue weighted by Gasteiger charge is -2.10. The molecule has 3 heteroatoms. The third kappa shape index (κ3) is 1.60. The van der Waals surface area contributed by atoms with Gasteiger partial charge in [0.25, 0.3) is 0 Å². The quantitative estimate of drug-likeness (QED) is 0.779. The van der Waals surface area contributed by atoms with Gasteiger partial charge in [0.1, 0.15) is 11.6 Å². The number of aliphatic hydroxyl groups excluding tert-OH is 1. The molecule has 0 saturated carbocycles. The smallest absolute Gasteiger partial charge is 0.130 e. The van der Waals surface area contributed by atoms with Gasteiger partial charge in [-0.2, -0.15) is 0 Å². The van der Waals surface area contributed by atoms with Gasteiger partial charge in [-0.25, -0.2) is 4.39 Å². The normalized spacial score (nSPS) is 16.2. The van der Waals surface area contributed by atoms with Crippen LogP contribution in [0.4, 0.5) is 4.39 Å². The molecule has 2 nitrogen and oxygen atoms in total. The molecular formula is C11H13FO2. The molecule has 14 heavy (non-hydrogen) atoms. The maximum Gasteiger partial charge on any atom is 0.130 e. The van der Waals surface area contributed by atoms with E-state index in [0.29, 0.717) is 24.3 Å². The predicted octanol–water partition coefficient (Wildman–Crippen LogP) is 1.68. The van der Waals surface area contributed by atoms with Gasteiger partial charge in [0.2, 0.25) is 0 Å². The zero-order chi connectivity index (χ0) is 10.1. The fourth-order valence-corrected chi connectivity index (χ4v) is 1.78. The van der Waals surface area contributed by atoms with Crippen LogP contribution >= 0.6 is 0 Å². The number of hydrogen-bond donors (Lipinski definition) is 1. The van der Waals surface area contributed by atoms with Gasteiger partial charge in [-0.05, 0) is 18.6 Å². The molecule has 0 radical (unpaired) electrons. The number of rotatable bonds is 2. The van der Waals surface area contributed by atoms with Crippen LogP contribution in [0.1, 0.15) is 18.1 Å². The van der Waals surface area contributed by atoms with E-state index in [1.165, 1.54) is 6.07 Å². The second-order valence-electron chi connectivity index (χ2n) is 3.67. The summed E-state index contributed by atoms with van der Waals surface area (Å²) in [6.45, 7) is 2.26. The van der Waals surface area contributed by atoms with Crippen molar-refractivity contribution in [1.82, 2.24) is 0 Å². The summed E-state index contributed by atoms with van der Waals surface area (Å²) in [6.07, 6.45) is 0.609. The summed E-state index contributed by atoms with van der Waals surface area (Å²) >= 11 is 0. The Morgan fingerprint density at radius 1 is 1.57 bits per heavy atom. The van der Waals surface area contributed by atoms with E-state index in [4.69, 9.17) is 4.74 Å². The van der Waals surface area contributed by atoms with Gasteiger partial charge >= 0.3 is 0 Å². The minimum atomic E-state index is -0.541. The molecule has 76 valence electrons. The van der Waals surface area contributed by atoms with Crippen molar-refractivity contribution in [2.75, 3.05) is 6.61 Å². The number of fused-ring (bicyclic) bond motifs is 1. The van der Waals surface area contributed by atoms with Gasteiger partial charge in [0.05, 0.1) is 12.7 Å². The van der Waals surface area contributed by atoms with E-state index in [1.807, 2.05) is 0 Å². The molecule has 1 heterocycles. The monoisotopic (exact) mass is 196 g/mol. The van der Waals surface area contributed by atoms with E-state index in [9.17, 15) is 9.50 Å². The average molecular weight is 196 g/mol. The van der Waals surface area contributed by atoms with Crippen molar-refractivity contribution in [2.45, 2.75) is 25.9 Å². The summed E-state index contributed by atoms with van der Waals surface area (Å²) in [6, 6.07) is 3.20. The SMILES string of the molecule is CC(O)Cc1c(F)ccc2c1OCC2.